The quantitative estimate of drug-likeness (QED) is 0.545. The maximum absolute atomic E-state index is 9.35. The van der Waals surface area contributed by atoms with E-state index < -0.39 is 6.23 Å². The van der Waals surface area contributed by atoms with Gasteiger partial charge in [-0.25, -0.2) is 4.98 Å². The zero-order valence-corrected chi connectivity index (χ0v) is 13.0. The average molecular weight is 308 g/mol. The van der Waals surface area contributed by atoms with E-state index >= 15 is 0 Å². The number of aromatic nitrogens is 2. The van der Waals surface area contributed by atoms with Crippen LogP contribution in [0.1, 0.15) is 18.7 Å². The Morgan fingerprint density at radius 1 is 1.09 bits per heavy atom. The van der Waals surface area contributed by atoms with Gasteiger partial charge < -0.3 is 21.1 Å². The number of hydrogen-bond acceptors (Lipinski definition) is 4. The molecule has 118 valence electrons. The fourth-order valence-electron chi connectivity index (χ4n) is 2.42. The molecule has 5 N–H and O–H groups in total. The Hall–Kier alpha value is -2.63. The molecule has 0 radical (unpaired) electrons. The Morgan fingerprint density at radius 2 is 1.74 bits per heavy atom. The molecule has 3 aromatic rings. The highest BCUT2D eigenvalue weighted by atomic mass is 16.3. The molecule has 0 aliphatic rings. The van der Waals surface area contributed by atoms with Crippen LogP contribution in [-0.4, -0.2) is 21.6 Å². The summed E-state index contributed by atoms with van der Waals surface area (Å²) in [6, 6.07) is 15.6. The molecule has 1 atom stereocenters. The van der Waals surface area contributed by atoms with Gasteiger partial charge in [0.1, 0.15) is 12.1 Å². The van der Waals surface area contributed by atoms with Crippen molar-refractivity contribution < 1.29 is 5.11 Å². The molecule has 3 rings (SSSR count). The van der Waals surface area contributed by atoms with E-state index in [-0.39, 0.29) is 0 Å². The van der Waals surface area contributed by atoms with Crippen LogP contribution in [0.5, 0.6) is 0 Å². The second-order valence-corrected chi connectivity index (χ2v) is 5.32. The van der Waals surface area contributed by atoms with E-state index in [1.54, 1.807) is 12.1 Å². The molecule has 0 saturated heterocycles. The van der Waals surface area contributed by atoms with Gasteiger partial charge >= 0.3 is 0 Å². The Balaban J connectivity index is 1.82. The minimum absolute atomic E-state index is 0.680. The van der Waals surface area contributed by atoms with Crippen molar-refractivity contribution in [3.63, 3.8) is 0 Å². The normalized spacial score (nSPS) is 12.1. The number of H-pyrrole nitrogens is 1. The Morgan fingerprint density at radius 3 is 2.35 bits per heavy atom. The van der Waals surface area contributed by atoms with Crippen LogP contribution in [0.15, 0.2) is 54.7 Å². The molecule has 1 heterocycles. The Labute approximate surface area is 135 Å². The van der Waals surface area contributed by atoms with Crippen LogP contribution in [0.25, 0.3) is 22.6 Å². The van der Waals surface area contributed by atoms with E-state index in [0.29, 0.717) is 5.56 Å². The summed E-state index contributed by atoms with van der Waals surface area (Å²) in [6.45, 7) is 2.98. The van der Waals surface area contributed by atoms with Crippen molar-refractivity contribution in [2.75, 3.05) is 11.9 Å². The van der Waals surface area contributed by atoms with Gasteiger partial charge in [0.2, 0.25) is 0 Å². The first kappa shape index (κ1) is 15.3. The van der Waals surface area contributed by atoms with Crippen LogP contribution in [-0.2, 0) is 0 Å². The molecule has 0 bridgehead atoms. The van der Waals surface area contributed by atoms with Crippen molar-refractivity contribution in [1.29, 1.82) is 0 Å². The molecular formula is C18H20N4O. The van der Waals surface area contributed by atoms with Crippen LogP contribution >= 0.6 is 0 Å². The lowest BCUT2D eigenvalue weighted by atomic mass is 10.1. The first-order valence-corrected chi connectivity index (χ1v) is 7.60. The third-order valence-corrected chi connectivity index (χ3v) is 3.68. The number of nitrogens with two attached hydrogens (primary N) is 1. The van der Waals surface area contributed by atoms with Crippen molar-refractivity contribution in [1.82, 2.24) is 9.97 Å². The highest BCUT2D eigenvalue weighted by molar-refractivity contribution is 5.66. The van der Waals surface area contributed by atoms with E-state index in [9.17, 15) is 5.11 Å². The van der Waals surface area contributed by atoms with E-state index in [4.69, 9.17) is 5.73 Å². The summed E-state index contributed by atoms with van der Waals surface area (Å²) < 4.78 is 0. The van der Waals surface area contributed by atoms with E-state index in [1.807, 2.05) is 18.3 Å². The summed E-state index contributed by atoms with van der Waals surface area (Å²) in [6.07, 6.45) is 0.870. The number of nitrogens with zero attached hydrogens (tertiary/aromatic N) is 1. The highest BCUT2D eigenvalue weighted by Gasteiger charge is 2.07. The van der Waals surface area contributed by atoms with Crippen molar-refractivity contribution in [3.8, 4) is 22.6 Å². The van der Waals surface area contributed by atoms with E-state index in [0.717, 1.165) is 34.9 Å². The predicted molar refractivity (Wildman–Crippen MR) is 92.8 cm³/mol. The monoisotopic (exact) mass is 308 g/mol. The zero-order chi connectivity index (χ0) is 16.2. The highest BCUT2D eigenvalue weighted by Crippen LogP contribution is 2.24. The first-order valence-electron chi connectivity index (χ1n) is 7.60. The summed E-state index contributed by atoms with van der Waals surface area (Å²) >= 11 is 0. The first-order chi connectivity index (χ1) is 11.2. The molecule has 5 nitrogen and oxygen atoms in total. The van der Waals surface area contributed by atoms with Crippen LogP contribution in [0.4, 0.5) is 5.69 Å². The lowest BCUT2D eigenvalue weighted by molar-refractivity contribution is 0.186. The minimum Gasteiger partial charge on any atom is -0.385 e. The number of aliphatic hydroxyl groups is 1. The number of benzene rings is 2. The summed E-state index contributed by atoms with van der Waals surface area (Å²) in [5, 5.41) is 12.6. The fourth-order valence-corrected chi connectivity index (χ4v) is 2.42. The molecule has 0 aliphatic carbocycles. The van der Waals surface area contributed by atoms with Crippen molar-refractivity contribution in [2.24, 2.45) is 5.73 Å². The number of anilines is 1. The molecular weight excluding hydrogens is 288 g/mol. The maximum atomic E-state index is 9.35. The van der Waals surface area contributed by atoms with Gasteiger partial charge in [-0.1, -0.05) is 36.4 Å². The Bertz CT molecular complexity index is 760. The van der Waals surface area contributed by atoms with Gasteiger partial charge in [-0.05, 0) is 30.2 Å². The van der Waals surface area contributed by atoms with Crippen molar-refractivity contribution in [3.05, 3.63) is 60.3 Å². The van der Waals surface area contributed by atoms with Gasteiger partial charge in [0.25, 0.3) is 0 Å². The Kier molecular flexibility index (Phi) is 4.41. The summed E-state index contributed by atoms with van der Waals surface area (Å²) in [4.78, 5) is 7.75. The molecule has 1 aromatic heterocycles. The SMILES string of the molecule is CCNc1ccc(-c2cnc(-c3ccc(C(N)O)cc3)[nH]2)cc1. The minimum atomic E-state index is -0.952. The lowest BCUT2D eigenvalue weighted by Gasteiger charge is -2.05. The third kappa shape index (κ3) is 3.41. The predicted octanol–water partition coefficient (Wildman–Crippen LogP) is 3.13. The van der Waals surface area contributed by atoms with E-state index in [1.165, 1.54) is 0 Å². The van der Waals surface area contributed by atoms with Crippen LogP contribution < -0.4 is 11.1 Å². The second-order valence-electron chi connectivity index (χ2n) is 5.32. The molecule has 0 amide bonds. The molecule has 0 aliphatic heterocycles. The third-order valence-electron chi connectivity index (χ3n) is 3.68. The van der Waals surface area contributed by atoms with Crippen molar-refractivity contribution in [2.45, 2.75) is 13.2 Å². The van der Waals surface area contributed by atoms with Crippen LogP contribution in [0.3, 0.4) is 0 Å². The van der Waals surface area contributed by atoms with Gasteiger partial charge in [-0.15, -0.1) is 0 Å². The summed E-state index contributed by atoms with van der Waals surface area (Å²) in [5.74, 6) is 0.786. The lowest BCUT2D eigenvalue weighted by Crippen LogP contribution is -2.07. The maximum Gasteiger partial charge on any atom is 0.137 e. The number of aliphatic hydroxyl groups excluding tert-OH is 1. The standard InChI is InChI=1S/C18H20N4O/c1-2-20-15-9-7-12(8-10-15)16-11-21-18(22-16)14-5-3-13(4-6-14)17(19)23/h3-11,17,20,23H,2,19H2,1H3,(H,21,22). The largest absolute Gasteiger partial charge is 0.385 e. The fraction of sp³-hybridized carbons (Fsp3) is 0.167. The molecule has 2 aromatic carbocycles. The molecule has 1 unspecified atom stereocenters. The van der Waals surface area contributed by atoms with Gasteiger partial charge in [0.05, 0.1) is 11.9 Å². The smallest absolute Gasteiger partial charge is 0.137 e. The topological polar surface area (TPSA) is 87.0 Å². The van der Waals surface area contributed by atoms with Gasteiger partial charge in [0, 0.05) is 17.8 Å². The van der Waals surface area contributed by atoms with Crippen molar-refractivity contribution >= 4 is 5.69 Å². The molecule has 5 heteroatoms. The number of imidazole rings is 1. The average Bonchev–Trinajstić information content (AvgIpc) is 3.06. The number of hydrogen-bond donors (Lipinski definition) is 4. The summed E-state index contributed by atoms with van der Waals surface area (Å²) in [7, 11) is 0. The molecule has 23 heavy (non-hydrogen) atoms. The summed E-state index contributed by atoms with van der Waals surface area (Å²) in [5.41, 5.74) is 10.2. The number of rotatable bonds is 5. The second kappa shape index (κ2) is 6.64. The van der Waals surface area contributed by atoms with Gasteiger partial charge in [-0.2, -0.15) is 0 Å². The zero-order valence-electron chi connectivity index (χ0n) is 13.0. The van der Waals surface area contributed by atoms with Gasteiger partial charge in [0.15, 0.2) is 0 Å². The molecule has 0 fully saturated rings. The van der Waals surface area contributed by atoms with Gasteiger partial charge in [-0.3, -0.25) is 0 Å². The van der Waals surface area contributed by atoms with E-state index in [2.05, 4.69) is 46.5 Å². The van der Waals surface area contributed by atoms with Crippen LogP contribution in [0.2, 0.25) is 0 Å². The van der Waals surface area contributed by atoms with Crippen LogP contribution in [0, 0.1) is 0 Å². The number of aromatic amines is 1. The molecule has 0 saturated carbocycles. The molecule has 0 spiro atoms. The number of nitrogens with one attached hydrogen (secondary N) is 2.